The molecule has 6 nitrogen and oxygen atoms in total. The number of imide groups is 2. The van der Waals surface area contributed by atoms with Gasteiger partial charge in [-0.3, -0.25) is 29.0 Å². The summed E-state index contributed by atoms with van der Waals surface area (Å²) in [5, 5.41) is 6.62. The highest BCUT2D eigenvalue weighted by Gasteiger charge is 2.37. The maximum absolute atomic E-state index is 13.8. The van der Waals surface area contributed by atoms with Crippen LogP contribution in [0.5, 0.6) is 0 Å². The van der Waals surface area contributed by atoms with Crippen molar-refractivity contribution in [2.75, 3.05) is 13.1 Å². The normalized spacial score (nSPS) is 15.2. The van der Waals surface area contributed by atoms with Crippen LogP contribution in [0.15, 0.2) is 46.9 Å². The topological polar surface area (TPSA) is 74.8 Å². The van der Waals surface area contributed by atoms with E-state index in [-0.39, 0.29) is 23.6 Å². The number of hydrogen-bond acceptors (Lipinski definition) is 4. The molecule has 0 saturated carbocycles. The molecule has 0 radical (unpaired) electrons. The quantitative estimate of drug-likeness (QED) is 0.0691. The molecule has 7 heteroatoms. The summed E-state index contributed by atoms with van der Waals surface area (Å²) in [6, 6.07) is 13.2. The molecule has 0 atom stereocenters. The molecule has 2 aliphatic rings. The molecule has 0 unspecified atom stereocenters. The third-order valence-electron chi connectivity index (χ3n) is 9.43. The fourth-order valence-electron chi connectivity index (χ4n) is 7.30. The van der Waals surface area contributed by atoms with Gasteiger partial charge in [0, 0.05) is 61.4 Å². The fraction of sp³-hybridized carbons (Fsp3) is 0.351. The maximum Gasteiger partial charge on any atom is 0.261 e. The van der Waals surface area contributed by atoms with Gasteiger partial charge >= 0.3 is 0 Å². The average molecular weight is 652 g/mol. The Kier molecular flexibility index (Phi) is 7.00. The van der Waals surface area contributed by atoms with Crippen LogP contribution in [0.25, 0.3) is 43.1 Å². The summed E-state index contributed by atoms with van der Waals surface area (Å²) >= 11 is 3.79. The van der Waals surface area contributed by atoms with Crippen LogP contribution in [0.3, 0.4) is 0 Å². The number of halogens is 1. The Morgan fingerprint density at radius 2 is 0.977 bits per heavy atom. The van der Waals surface area contributed by atoms with Crippen LogP contribution in [0.4, 0.5) is 0 Å². The molecular weight excluding hydrogens is 616 g/mol. The molecule has 2 heterocycles. The van der Waals surface area contributed by atoms with E-state index >= 15 is 0 Å². The molecule has 0 bridgehead atoms. The summed E-state index contributed by atoms with van der Waals surface area (Å²) in [6.45, 7) is 9.43. The molecule has 0 spiro atoms. The van der Waals surface area contributed by atoms with E-state index < -0.39 is 0 Å². The maximum atomic E-state index is 13.8. The van der Waals surface area contributed by atoms with Gasteiger partial charge in [-0.1, -0.05) is 74.7 Å². The molecule has 0 aliphatic carbocycles. The Bertz CT molecular complexity index is 2040. The highest BCUT2D eigenvalue weighted by Crippen LogP contribution is 2.48. The van der Waals surface area contributed by atoms with Gasteiger partial charge in [0.25, 0.3) is 23.6 Å². The van der Waals surface area contributed by atoms with Gasteiger partial charge in [0.05, 0.1) is 0 Å². The first-order chi connectivity index (χ1) is 21.1. The smallest absolute Gasteiger partial charge is 0.261 e. The first-order valence-corrected chi connectivity index (χ1v) is 16.5. The van der Waals surface area contributed by atoms with Crippen LogP contribution in [0.2, 0.25) is 0 Å². The number of amides is 4. The predicted molar refractivity (Wildman–Crippen MR) is 179 cm³/mol. The van der Waals surface area contributed by atoms with Gasteiger partial charge in [0.15, 0.2) is 0 Å². The zero-order valence-electron chi connectivity index (χ0n) is 25.6. The number of nitrogens with zero attached hydrogens (tertiary/aromatic N) is 2. The Morgan fingerprint density at radius 1 is 0.523 bits per heavy atom. The molecule has 2 aliphatic heterocycles. The van der Waals surface area contributed by atoms with Crippen LogP contribution in [0.1, 0.15) is 101 Å². The number of benzene rings is 5. The largest absolute Gasteiger partial charge is 0.274 e. The first-order valence-electron chi connectivity index (χ1n) is 15.7. The lowest BCUT2D eigenvalue weighted by Gasteiger charge is -2.30. The number of carbonyl (C=O) groups excluding carboxylic acids is 4. The summed E-state index contributed by atoms with van der Waals surface area (Å²) in [5.41, 5.74) is 2.13. The van der Waals surface area contributed by atoms with Crippen molar-refractivity contribution in [1.82, 2.24) is 9.80 Å². The molecule has 0 aromatic heterocycles. The van der Waals surface area contributed by atoms with Gasteiger partial charge in [-0.2, -0.15) is 0 Å². The van der Waals surface area contributed by atoms with E-state index in [0.717, 1.165) is 68.9 Å². The zero-order chi connectivity index (χ0) is 31.0. The lowest BCUT2D eigenvalue weighted by atomic mass is 9.82. The zero-order valence-corrected chi connectivity index (χ0v) is 27.1. The SMILES string of the molecule is CC(C)CCCCN1C(=O)c2ccc3c4ccc5c6c(ccc(c7c(Br)cc(c2c37)C1=O)c64)C(=O)N(CCCC(C)C)C5=O. The van der Waals surface area contributed by atoms with Gasteiger partial charge in [-0.05, 0) is 76.9 Å². The number of unbranched alkanes of at least 4 members (excludes halogenated alkanes) is 1. The van der Waals surface area contributed by atoms with Crippen molar-refractivity contribution in [2.24, 2.45) is 11.8 Å². The van der Waals surface area contributed by atoms with Crippen molar-refractivity contribution in [3.63, 3.8) is 0 Å². The van der Waals surface area contributed by atoms with E-state index in [9.17, 15) is 19.2 Å². The Morgan fingerprint density at radius 3 is 1.55 bits per heavy atom. The van der Waals surface area contributed by atoms with Crippen molar-refractivity contribution >= 4 is 82.6 Å². The third kappa shape index (κ3) is 4.19. The van der Waals surface area contributed by atoms with Crippen LogP contribution in [-0.2, 0) is 0 Å². The van der Waals surface area contributed by atoms with Crippen molar-refractivity contribution in [1.29, 1.82) is 0 Å². The van der Waals surface area contributed by atoms with E-state index in [0.29, 0.717) is 58.0 Å². The summed E-state index contributed by atoms with van der Waals surface area (Å²) in [7, 11) is 0. The molecule has 5 aromatic carbocycles. The van der Waals surface area contributed by atoms with E-state index in [4.69, 9.17) is 0 Å². The van der Waals surface area contributed by atoms with Crippen LogP contribution in [-0.4, -0.2) is 46.5 Å². The minimum absolute atomic E-state index is 0.253. The van der Waals surface area contributed by atoms with Crippen molar-refractivity contribution in [2.45, 2.75) is 59.8 Å². The van der Waals surface area contributed by atoms with Gasteiger partial charge in [-0.15, -0.1) is 0 Å². The molecule has 0 N–H and O–H groups in total. The summed E-state index contributed by atoms with van der Waals surface area (Å²) in [5.74, 6) is 0.0472. The van der Waals surface area contributed by atoms with Crippen molar-refractivity contribution in [3.8, 4) is 0 Å². The number of carbonyl (C=O) groups is 4. The monoisotopic (exact) mass is 650 g/mol. The molecule has 44 heavy (non-hydrogen) atoms. The predicted octanol–water partition coefficient (Wildman–Crippen LogP) is 8.95. The van der Waals surface area contributed by atoms with Gasteiger partial charge in [-0.25, -0.2) is 0 Å². The van der Waals surface area contributed by atoms with Crippen LogP contribution >= 0.6 is 15.9 Å². The molecule has 5 aromatic rings. The second kappa shape index (κ2) is 10.7. The lowest BCUT2D eigenvalue weighted by molar-refractivity contribution is 0.0591. The average Bonchev–Trinajstić information content (AvgIpc) is 2.99. The lowest BCUT2D eigenvalue weighted by Crippen LogP contribution is -2.41. The minimum atomic E-state index is -0.263. The van der Waals surface area contributed by atoms with Crippen LogP contribution in [0, 0.1) is 11.8 Å². The Balaban J connectivity index is 1.41. The van der Waals surface area contributed by atoms with E-state index in [1.165, 1.54) is 9.80 Å². The summed E-state index contributed by atoms with van der Waals surface area (Å²) in [4.78, 5) is 57.8. The number of hydrogen-bond donors (Lipinski definition) is 0. The van der Waals surface area contributed by atoms with Crippen molar-refractivity contribution in [3.05, 3.63) is 69.2 Å². The number of rotatable bonds is 9. The minimum Gasteiger partial charge on any atom is -0.274 e. The first kappa shape index (κ1) is 28.9. The molecular formula is C37H35BrN2O4. The molecule has 224 valence electrons. The summed E-state index contributed by atoms with van der Waals surface area (Å²) in [6.07, 6.45) is 4.50. The highest BCUT2D eigenvalue weighted by molar-refractivity contribution is 9.10. The second-order valence-corrected chi connectivity index (χ2v) is 14.1. The third-order valence-corrected chi connectivity index (χ3v) is 10.1. The Labute approximate surface area is 264 Å². The van der Waals surface area contributed by atoms with Crippen molar-refractivity contribution < 1.29 is 19.2 Å². The van der Waals surface area contributed by atoms with E-state index in [2.05, 4.69) is 43.6 Å². The van der Waals surface area contributed by atoms with E-state index in [1.807, 2.05) is 42.5 Å². The Hall–Kier alpha value is -3.84. The number of fused-ring (bicyclic) bond motifs is 2. The molecule has 0 fully saturated rings. The second-order valence-electron chi connectivity index (χ2n) is 13.2. The fourth-order valence-corrected chi connectivity index (χ4v) is 7.95. The van der Waals surface area contributed by atoms with E-state index in [1.54, 1.807) is 0 Å². The van der Waals surface area contributed by atoms with Gasteiger partial charge in [0.1, 0.15) is 0 Å². The highest BCUT2D eigenvalue weighted by atomic mass is 79.9. The van der Waals surface area contributed by atoms with Gasteiger partial charge in [0.2, 0.25) is 0 Å². The molecule has 7 rings (SSSR count). The standard InChI is InChI=1S/C37H35BrN2O4/c1-19(2)8-5-6-16-39-36(43)26-14-11-22-21-10-13-24-30-25(35(42)40(34(24)41)17-7-9-20(3)4)15-12-23(29(21)30)32-28(38)18-27(37(39)44)31(26)33(22)32/h10-15,18-20H,5-9,16-17H2,1-4H3. The summed E-state index contributed by atoms with van der Waals surface area (Å²) < 4.78 is 0.746. The van der Waals surface area contributed by atoms with Gasteiger partial charge < -0.3 is 0 Å². The van der Waals surface area contributed by atoms with Crippen LogP contribution < -0.4 is 0 Å². The molecule has 4 amide bonds. The molecule has 0 saturated heterocycles.